The maximum absolute atomic E-state index is 6.20. The second-order valence-electron chi connectivity index (χ2n) is 6.05. The summed E-state index contributed by atoms with van der Waals surface area (Å²) in [7, 11) is 3.16. The van der Waals surface area contributed by atoms with E-state index < -0.39 is 0 Å². The smallest absolute Gasteiger partial charge is 0.144 e. The van der Waals surface area contributed by atoms with Crippen LogP contribution >= 0.6 is 11.6 Å². The van der Waals surface area contributed by atoms with Crippen LogP contribution in [0.4, 0.5) is 23.0 Å². The van der Waals surface area contributed by atoms with Crippen LogP contribution in [0.15, 0.2) is 48.5 Å². The number of hydrogen-bond acceptors (Lipinski definition) is 6. The van der Waals surface area contributed by atoms with E-state index in [0.717, 1.165) is 18.1 Å². The minimum atomic E-state index is 0.477. The average molecular weight is 399 g/mol. The molecule has 3 aromatic rings. The molecule has 0 aliphatic heterocycles. The van der Waals surface area contributed by atoms with Crippen molar-refractivity contribution in [3.8, 4) is 11.5 Å². The van der Waals surface area contributed by atoms with Gasteiger partial charge in [0.1, 0.15) is 29.0 Å². The van der Waals surface area contributed by atoms with E-state index in [1.165, 1.54) is 0 Å². The lowest BCUT2D eigenvalue weighted by Crippen LogP contribution is -2.18. The molecule has 146 valence electrons. The lowest BCUT2D eigenvalue weighted by molar-refractivity contribution is 0.405. The Hall–Kier alpha value is -2.99. The van der Waals surface area contributed by atoms with E-state index in [-0.39, 0.29) is 0 Å². The summed E-state index contributed by atoms with van der Waals surface area (Å²) >= 11 is 6.20. The molecular formula is C21H23ClN4O2. The first-order chi connectivity index (χ1) is 13.5. The van der Waals surface area contributed by atoms with E-state index in [2.05, 4.69) is 39.2 Å². The van der Waals surface area contributed by atoms with Crippen LogP contribution in [-0.2, 0) is 0 Å². The highest BCUT2D eigenvalue weighted by atomic mass is 35.5. The van der Waals surface area contributed by atoms with Gasteiger partial charge >= 0.3 is 0 Å². The number of ether oxygens (including phenoxy) is 2. The number of nitrogens with zero attached hydrogens (tertiary/aromatic N) is 3. The highest BCUT2D eigenvalue weighted by Gasteiger charge is 2.14. The van der Waals surface area contributed by atoms with Crippen LogP contribution in [0.3, 0.4) is 0 Å². The summed E-state index contributed by atoms with van der Waals surface area (Å²) in [5, 5.41) is 3.77. The lowest BCUT2D eigenvalue weighted by atomic mass is 10.2. The summed E-state index contributed by atoms with van der Waals surface area (Å²) in [6.07, 6.45) is 0. The van der Waals surface area contributed by atoms with Crippen molar-refractivity contribution >= 4 is 34.6 Å². The maximum Gasteiger partial charge on any atom is 0.144 e. The molecule has 1 aromatic heterocycles. The first kappa shape index (κ1) is 19.8. The van der Waals surface area contributed by atoms with Gasteiger partial charge in [0.05, 0.1) is 24.9 Å². The van der Waals surface area contributed by atoms with Gasteiger partial charge < -0.3 is 19.7 Å². The van der Waals surface area contributed by atoms with Crippen molar-refractivity contribution in [2.24, 2.45) is 0 Å². The molecule has 7 heteroatoms. The minimum absolute atomic E-state index is 0.477. The minimum Gasteiger partial charge on any atom is -0.495 e. The van der Waals surface area contributed by atoms with Gasteiger partial charge in [-0.05, 0) is 26.0 Å². The molecule has 0 saturated carbocycles. The Bertz CT molecular complexity index is 951. The number of para-hydroxylation sites is 1. The van der Waals surface area contributed by atoms with Crippen molar-refractivity contribution in [3.05, 3.63) is 59.4 Å². The van der Waals surface area contributed by atoms with Crippen LogP contribution in [0.5, 0.6) is 11.5 Å². The Morgan fingerprint density at radius 1 is 1.00 bits per heavy atom. The number of benzene rings is 2. The van der Waals surface area contributed by atoms with Gasteiger partial charge in [0.25, 0.3) is 0 Å². The Balaban J connectivity index is 1.98. The van der Waals surface area contributed by atoms with E-state index >= 15 is 0 Å². The van der Waals surface area contributed by atoms with Crippen LogP contribution < -0.4 is 19.7 Å². The molecule has 0 bridgehead atoms. The zero-order valence-corrected chi connectivity index (χ0v) is 17.1. The summed E-state index contributed by atoms with van der Waals surface area (Å²) in [4.78, 5) is 11.3. The van der Waals surface area contributed by atoms with Gasteiger partial charge in [-0.3, -0.25) is 0 Å². The second kappa shape index (κ2) is 8.80. The fourth-order valence-electron chi connectivity index (χ4n) is 2.94. The number of methoxy groups -OCH3 is 2. The molecule has 0 fully saturated rings. The van der Waals surface area contributed by atoms with Crippen LogP contribution in [-0.4, -0.2) is 30.7 Å². The molecule has 0 saturated heterocycles. The van der Waals surface area contributed by atoms with E-state index in [0.29, 0.717) is 33.9 Å². The maximum atomic E-state index is 6.20. The molecule has 0 atom stereocenters. The molecule has 0 aliphatic rings. The zero-order chi connectivity index (χ0) is 20.1. The molecule has 0 radical (unpaired) electrons. The van der Waals surface area contributed by atoms with Crippen molar-refractivity contribution in [2.45, 2.75) is 13.8 Å². The topological polar surface area (TPSA) is 59.5 Å². The van der Waals surface area contributed by atoms with Gasteiger partial charge in [-0.25, -0.2) is 9.97 Å². The van der Waals surface area contributed by atoms with Gasteiger partial charge in [-0.1, -0.05) is 29.8 Å². The van der Waals surface area contributed by atoms with E-state index in [4.69, 9.17) is 21.1 Å². The van der Waals surface area contributed by atoms with E-state index in [1.54, 1.807) is 26.4 Å². The van der Waals surface area contributed by atoms with Crippen molar-refractivity contribution in [3.63, 3.8) is 0 Å². The summed E-state index contributed by atoms with van der Waals surface area (Å²) in [5.41, 5.74) is 1.77. The van der Waals surface area contributed by atoms with Crippen molar-refractivity contribution in [1.82, 2.24) is 9.97 Å². The Kier molecular flexibility index (Phi) is 6.21. The number of nitrogens with one attached hydrogen (secondary N) is 1. The molecule has 1 heterocycles. The summed E-state index contributed by atoms with van der Waals surface area (Å²) in [6, 6.07) is 15.5. The number of anilines is 4. The fourth-order valence-corrected chi connectivity index (χ4v) is 3.17. The van der Waals surface area contributed by atoms with Crippen LogP contribution in [0.2, 0.25) is 5.02 Å². The number of aryl methyl sites for hydroxylation is 1. The molecule has 6 nitrogen and oxygen atoms in total. The molecule has 28 heavy (non-hydrogen) atoms. The van der Waals surface area contributed by atoms with Gasteiger partial charge in [0, 0.05) is 30.4 Å². The Morgan fingerprint density at radius 2 is 1.71 bits per heavy atom. The summed E-state index contributed by atoms with van der Waals surface area (Å²) in [5.74, 6) is 3.27. The van der Waals surface area contributed by atoms with Crippen LogP contribution in [0, 0.1) is 6.92 Å². The molecular weight excluding hydrogens is 376 g/mol. The number of hydrogen-bond donors (Lipinski definition) is 1. The number of aromatic nitrogens is 2. The quantitative estimate of drug-likeness (QED) is 0.578. The summed E-state index contributed by atoms with van der Waals surface area (Å²) < 4.78 is 10.8. The molecule has 3 rings (SSSR count). The van der Waals surface area contributed by atoms with Crippen LogP contribution in [0.25, 0.3) is 0 Å². The fraction of sp³-hybridized carbons (Fsp3) is 0.238. The molecule has 0 amide bonds. The lowest BCUT2D eigenvalue weighted by Gasteiger charge is -2.23. The predicted molar refractivity (Wildman–Crippen MR) is 114 cm³/mol. The third kappa shape index (κ3) is 4.28. The van der Waals surface area contributed by atoms with Crippen LogP contribution in [0.1, 0.15) is 12.7 Å². The van der Waals surface area contributed by atoms with Crippen molar-refractivity contribution < 1.29 is 9.47 Å². The molecule has 0 unspecified atom stereocenters. The first-order valence-electron chi connectivity index (χ1n) is 8.92. The van der Waals surface area contributed by atoms with Crippen molar-refractivity contribution in [1.29, 1.82) is 0 Å². The molecule has 1 N–H and O–H groups in total. The van der Waals surface area contributed by atoms with Crippen molar-refractivity contribution in [2.75, 3.05) is 31.0 Å². The molecule has 0 aliphatic carbocycles. The second-order valence-corrected chi connectivity index (χ2v) is 6.46. The normalized spacial score (nSPS) is 10.5. The highest BCUT2D eigenvalue weighted by molar-refractivity contribution is 6.32. The third-order valence-corrected chi connectivity index (χ3v) is 4.52. The first-order valence-corrected chi connectivity index (χ1v) is 9.30. The third-order valence-electron chi connectivity index (χ3n) is 4.22. The largest absolute Gasteiger partial charge is 0.495 e. The van der Waals surface area contributed by atoms with Gasteiger partial charge in [-0.2, -0.15) is 0 Å². The monoisotopic (exact) mass is 398 g/mol. The average Bonchev–Trinajstić information content (AvgIpc) is 2.70. The van der Waals surface area contributed by atoms with Gasteiger partial charge in [0.15, 0.2) is 0 Å². The predicted octanol–water partition coefficient (Wildman–Crippen LogP) is 5.36. The summed E-state index contributed by atoms with van der Waals surface area (Å²) in [6.45, 7) is 4.73. The molecule has 2 aromatic carbocycles. The zero-order valence-electron chi connectivity index (χ0n) is 16.4. The Morgan fingerprint density at radius 3 is 2.36 bits per heavy atom. The molecule has 0 spiro atoms. The highest BCUT2D eigenvalue weighted by Crippen LogP contribution is 2.37. The van der Waals surface area contributed by atoms with Gasteiger partial charge in [0.2, 0.25) is 0 Å². The SMILES string of the molecule is CCN(c1ccccc1)c1cc(Nc2cc(OC)c(Cl)cc2OC)nc(C)n1. The number of halogens is 1. The standard InChI is InChI=1S/C21H23ClN4O2/c1-5-26(15-9-7-6-8-10-15)21-13-20(23-14(2)24-21)25-17-12-18(27-3)16(22)11-19(17)28-4/h6-13H,5H2,1-4H3,(H,23,24,25). The van der Waals surface area contributed by atoms with E-state index in [1.807, 2.05) is 31.2 Å². The van der Waals surface area contributed by atoms with E-state index in [9.17, 15) is 0 Å². The number of rotatable bonds is 7. The Labute approximate surface area is 170 Å². The van der Waals surface area contributed by atoms with Gasteiger partial charge in [-0.15, -0.1) is 0 Å².